The quantitative estimate of drug-likeness (QED) is 0.780. The van der Waals surface area contributed by atoms with E-state index in [-0.39, 0.29) is 12.4 Å². The number of aromatic nitrogens is 1. The van der Waals surface area contributed by atoms with Gasteiger partial charge in [-0.05, 0) is 42.0 Å². The van der Waals surface area contributed by atoms with Gasteiger partial charge in [0.2, 0.25) is 0 Å². The lowest BCUT2D eigenvalue weighted by Gasteiger charge is -2.11. The van der Waals surface area contributed by atoms with Crippen LogP contribution in [-0.4, -0.2) is 10.5 Å². The number of ether oxygens (including phenoxy) is 1. The Morgan fingerprint density at radius 2 is 1.83 bits per heavy atom. The maximum Gasteiger partial charge on any atom is 0.254 e. The van der Waals surface area contributed by atoms with Crippen LogP contribution in [-0.2, 0) is 6.61 Å². The van der Waals surface area contributed by atoms with Crippen LogP contribution in [0.1, 0.15) is 15.9 Å². The van der Waals surface area contributed by atoms with Gasteiger partial charge >= 0.3 is 0 Å². The summed E-state index contributed by atoms with van der Waals surface area (Å²) >= 11 is 0. The number of hydrogen-bond acceptors (Lipinski definition) is 2. The van der Waals surface area contributed by atoms with E-state index in [1.165, 1.54) is 0 Å². The molecule has 4 nitrogen and oxygen atoms in total. The molecule has 1 heterocycles. The van der Waals surface area contributed by atoms with Gasteiger partial charge in [-0.1, -0.05) is 12.1 Å². The van der Waals surface area contributed by atoms with E-state index in [1.54, 1.807) is 0 Å². The van der Waals surface area contributed by atoms with Gasteiger partial charge in [0.15, 0.2) is 11.6 Å². The Morgan fingerprint density at radius 1 is 1.08 bits per heavy atom. The Bertz CT molecular complexity index is 877. The zero-order chi connectivity index (χ0) is 17.1. The number of amides is 1. The van der Waals surface area contributed by atoms with Gasteiger partial charge in [-0.15, -0.1) is 0 Å². The normalized spacial score (nSPS) is 10.6. The molecule has 24 heavy (non-hydrogen) atoms. The summed E-state index contributed by atoms with van der Waals surface area (Å²) in [6.07, 6.45) is 3.80. The van der Waals surface area contributed by atoms with Gasteiger partial charge < -0.3 is 15.0 Å². The van der Waals surface area contributed by atoms with Crippen molar-refractivity contribution in [1.82, 2.24) is 4.57 Å². The van der Waals surface area contributed by atoms with E-state index in [0.717, 1.165) is 23.4 Å². The molecule has 3 aromatic rings. The molecule has 0 spiro atoms. The van der Waals surface area contributed by atoms with Crippen molar-refractivity contribution in [3.8, 4) is 11.4 Å². The van der Waals surface area contributed by atoms with Gasteiger partial charge in [-0.3, -0.25) is 4.79 Å². The van der Waals surface area contributed by atoms with E-state index in [9.17, 15) is 13.6 Å². The largest absolute Gasteiger partial charge is 0.486 e. The number of carbonyl (C=O) groups is 1. The molecule has 0 aliphatic rings. The summed E-state index contributed by atoms with van der Waals surface area (Å²) in [6, 6.07) is 13.4. The van der Waals surface area contributed by atoms with Crippen LogP contribution < -0.4 is 10.5 Å². The number of rotatable bonds is 5. The van der Waals surface area contributed by atoms with Crippen molar-refractivity contribution in [1.29, 1.82) is 0 Å². The fraction of sp³-hybridized carbons (Fsp3) is 0.0556. The molecule has 2 N–H and O–H groups in total. The number of halogens is 2. The standard InChI is InChI=1S/C18H14F2N2O2/c19-14-6-7-15(17(20)16(14)18(21)23)24-11-12-4-3-5-13(10-12)22-8-1-2-9-22/h1-10H,11H2,(H2,21,23). The molecule has 0 saturated heterocycles. The molecule has 6 heteroatoms. The number of carbonyl (C=O) groups excluding carboxylic acids is 1. The molecule has 0 saturated carbocycles. The van der Waals surface area contributed by atoms with Crippen LogP contribution in [0.15, 0.2) is 60.9 Å². The van der Waals surface area contributed by atoms with Crippen molar-refractivity contribution in [2.75, 3.05) is 0 Å². The average Bonchev–Trinajstić information content (AvgIpc) is 3.09. The van der Waals surface area contributed by atoms with Crippen molar-refractivity contribution < 1.29 is 18.3 Å². The highest BCUT2D eigenvalue weighted by Gasteiger charge is 2.19. The first-order valence-corrected chi connectivity index (χ1v) is 7.19. The number of nitrogens with two attached hydrogens (primary N) is 1. The molecular formula is C18H14F2N2O2. The monoisotopic (exact) mass is 328 g/mol. The molecule has 1 aromatic heterocycles. The molecule has 1 amide bonds. The third-order valence-corrected chi connectivity index (χ3v) is 3.51. The molecule has 2 aromatic carbocycles. The van der Waals surface area contributed by atoms with Gasteiger partial charge in [0.05, 0.1) is 0 Å². The molecule has 122 valence electrons. The molecule has 0 aliphatic heterocycles. The minimum Gasteiger partial charge on any atom is -0.486 e. The molecule has 0 atom stereocenters. The van der Waals surface area contributed by atoms with E-state index >= 15 is 0 Å². The van der Waals surface area contributed by atoms with E-state index in [2.05, 4.69) is 0 Å². The van der Waals surface area contributed by atoms with Crippen molar-refractivity contribution in [3.05, 3.63) is 83.7 Å². The highest BCUT2D eigenvalue weighted by atomic mass is 19.1. The highest BCUT2D eigenvalue weighted by molar-refractivity contribution is 5.93. The molecule has 3 rings (SSSR count). The molecular weight excluding hydrogens is 314 g/mol. The number of benzene rings is 2. The molecule has 0 aliphatic carbocycles. The Balaban J connectivity index is 1.81. The minimum absolute atomic E-state index is 0.0653. The van der Waals surface area contributed by atoms with Crippen molar-refractivity contribution in [2.24, 2.45) is 5.73 Å². The Kier molecular flexibility index (Phi) is 4.29. The summed E-state index contributed by atoms with van der Waals surface area (Å²) < 4.78 is 34.9. The predicted octanol–water partition coefficient (Wildman–Crippen LogP) is 3.43. The fourth-order valence-electron chi connectivity index (χ4n) is 2.35. The summed E-state index contributed by atoms with van der Waals surface area (Å²) in [5, 5.41) is 0. The zero-order valence-corrected chi connectivity index (χ0v) is 12.6. The maximum absolute atomic E-state index is 14.1. The van der Waals surface area contributed by atoms with Crippen LogP contribution in [0.3, 0.4) is 0 Å². The average molecular weight is 328 g/mol. The van der Waals surface area contributed by atoms with Crippen molar-refractivity contribution >= 4 is 5.91 Å². The molecule has 0 unspecified atom stereocenters. The van der Waals surface area contributed by atoms with Gasteiger partial charge in [0.1, 0.15) is 18.0 Å². The zero-order valence-electron chi connectivity index (χ0n) is 12.6. The summed E-state index contributed by atoms with van der Waals surface area (Å²) in [6.45, 7) is 0.0653. The van der Waals surface area contributed by atoms with Crippen LogP contribution in [0.4, 0.5) is 8.78 Å². The first kappa shape index (κ1) is 15.7. The first-order chi connectivity index (χ1) is 11.6. The Labute approximate surface area is 137 Å². The van der Waals surface area contributed by atoms with Crippen LogP contribution in [0, 0.1) is 11.6 Å². The molecule has 0 radical (unpaired) electrons. The SMILES string of the molecule is NC(=O)c1c(F)ccc(OCc2cccc(-n3cccc3)c2)c1F. The first-order valence-electron chi connectivity index (χ1n) is 7.19. The van der Waals surface area contributed by atoms with Crippen LogP contribution in [0.5, 0.6) is 5.75 Å². The van der Waals surface area contributed by atoms with E-state index in [0.29, 0.717) is 0 Å². The van der Waals surface area contributed by atoms with Gasteiger partial charge in [-0.2, -0.15) is 0 Å². The third kappa shape index (κ3) is 3.12. The minimum atomic E-state index is -1.18. The Morgan fingerprint density at radius 3 is 2.54 bits per heavy atom. The van der Waals surface area contributed by atoms with Gasteiger partial charge in [0, 0.05) is 18.1 Å². The lowest BCUT2D eigenvalue weighted by Crippen LogP contribution is -2.16. The second kappa shape index (κ2) is 6.54. The molecule has 0 fully saturated rings. The smallest absolute Gasteiger partial charge is 0.254 e. The number of primary amides is 1. The lowest BCUT2D eigenvalue weighted by molar-refractivity contribution is 0.0991. The topological polar surface area (TPSA) is 57.3 Å². The molecule has 0 bridgehead atoms. The summed E-state index contributed by atoms with van der Waals surface area (Å²) in [7, 11) is 0. The van der Waals surface area contributed by atoms with Crippen molar-refractivity contribution in [2.45, 2.75) is 6.61 Å². The third-order valence-electron chi connectivity index (χ3n) is 3.51. The predicted molar refractivity (Wildman–Crippen MR) is 85.0 cm³/mol. The summed E-state index contributed by atoms with van der Waals surface area (Å²) in [5.74, 6) is -3.51. The van der Waals surface area contributed by atoms with E-state index in [1.807, 2.05) is 53.4 Å². The summed E-state index contributed by atoms with van der Waals surface area (Å²) in [5.41, 5.74) is 5.92. The fourth-order valence-corrected chi connectivity index (χ4v) is 2.35. The highest BCUT2D eigenvalue weighted by Crippen LogP contribution is 2.24. The van der Waals surface area contributed by atoms with Gasteiger partial charge in [0.25, 0.3) is 5.91 Å². The number of hydrogen-bond donors (Lipinski definition) is 1. The lowest BCUT2D eigenvalue weighted by atomic mass is 10.1. The second-order valence-corrected chi connectivity index (χ2v) is 5.15. The van der Waals surface area contributed by atoms with Crippen LogP contribution >= 0.6 is 0 Å². The summed E-state index contributed by atoms with van der Waals surface area (Å²) in [4.78, 5) is 11.1. The van der Waals surface area contributed by atoms with Crippen LogP contribution in [0.2, 0.25) is 0 Å². The van der Waals surface area contributed by atoms with Crippen LogP contribution in [0.25, 0.3) is 5.69 Å². The van der Waals surface area contributed by atoms with E-state index < -0.39 is 23.1 Å². The maximum atomic E-state index is 14.1. The van der Waals surface area contributed by atoms with E-state index in [4.69, 9.17) is 10.5 Å². The van der Waals surface area contributed by atoms with Crippen molar-refractivity contribution in [3.63, 3.8) is 0 Å². The van der Waals surface area contributed by atoms with Gasteiger partial charge in [-0.25, -0.2) is 8.78 Å². The Hall–Kier alpha value is -3.15. The number of nitrogens with zero attached hydrogens (tertiary/aromatic N) is 1. The second-order valence-electron chi connectivity index (χ2n) is 5.15.